The van der Waals surface area contributed by atoms with E-state index in [1.54, 1.807) is 40.3 Å². The number of carbonyl (C=O) groups is 1. The Labute approximate surface area is 194 Å². The second-order valence-electron chi connectivity index (χ2n) is 7.04. The van der Waals surface area contributed by atoms with Gasteiger partial charge < -0.3 is 14.8 Å². The van der Waals surface area contributed by atoms with Gasteiger partial charge in [0.15, 0.2) is 5.82 Å². The van der Waals surface area contributed by atoms with Crippen LogP contribution in [0.3, 0.4) is 0 Å². The SMILES string of the molecule is CCOCCOc1nc(-c2cccc(F)c2)n(-c2ccc(NC(=O)Cc3cccs3)cc2)n1. The Balaban J connectivity index is 1.54. The highest BCUT2D eigenvalue weighted by Gasteiger charge is 2.16. The van der Waals surface area contributed by atoms with Crippen LogP contribution in [-0.2, 0) is 16.0 Å². The summed E-state index contributed by atoms with van der Waals surface area (Å²) in [4.78, 5) is 17.7. The predicted molar refractivity (Wildman–Crippen MR) is 125 cm³/mol. The first kappa shape index (κ1) is 22.6. The summed E-state index contributed by atoms with van der Waals surface area (Å²) in [6, 6.07) is 17.3. The number of aromatic nitrogens is 3. The van der Waals surface area contributed by atoms with Crippen LogP contribution in [0.15, 0.2) is 66.0 Å². The lowest BCUT2D eigenvalue weighted by Gasteiger charge is -2.08. The summed E-state index contributed by atoms with van der Waals surface area (Å²) in [7, 11) is 0. The Bertz CT molecular complexity index is 1190. The summed E-state index contributed by atoms with van der Waals surface area (Å²) >= 11 is 1.55. The molecule has 2 aromatic heterocycles. The monoisotopic (exact) mass is 466 g/mol. The summed E-state index contributed by atoms with van der Waals surface area (Å²) in [5, 5.41) is 9.28. The smallest absolute Gasteiger partial charge is 0.336 e. The van der Waals surface area contributed by atoms with Gasteiger partial charge in [0.2, 0.25) is 5.91 Å². The Morgan fingerprint density at radius 2 is 1.97 bits per heavy atom. The summed E-state index contributed by atoms with van der Waals surface area (Å²) < 4.78 is 26.3. The van der Waals surface area contributed by atoms with Crippen molar-refractivity contribution >= 4 is 22.9 Å². The highest BCUT2D eigenvalue weighted by molar-refractivity contribution is 7.10. The number of carbonyl (C=O) groups excluding carboxylic acids is 1. The first-order chi connectivity index (χ1) is 16.1. The molecule has 33 heavy (non-hydrogen) atoms. The molecule has 2 heterocycles. The second-order valence-corrected chi connectivity index (χ2v) is 8.07. The van der Waals surface area contributed by atoms with Crippen molar-refractivity contribution in [3.05, 3.63) is 76.7 Å². The van der Waals surface area contributed by atoms with E-state index in [2.05, 4.69) is 15.4 Å². The zero-order valence-electron chi connectivity index (χ0n) is 18.0. The number of nitrogens with one attached hydrogen (secondary N) is 1. The van der Waals surface area contributed by atoms with Gasteiger partial charge in [-0.15, -0.1) is 16.4 Å². The standard InChI is InChI=1S/C24H23FN4O3S/c1-2-31-12-13-32-24-27-23(17-5-3-6-18(25)15-17)29(28-24)20-10-8-19(9-11-20)26-22(30)16-21-7-4-14-33-21/h3-11,14-15H,2,12-13,16H2,1H3,(H,26,30). The molecule has 0 saturated carbocycles. The molecule has 0 bridgehead atoms. The van der Waals surface area contributed by atoms with Gasteiger partial charge in [0.25, 0.3) is 0 Å². The lowest BCUT2D eigenvalue weighted by molar-refractivity contribution is -0.115. The molecule has 4 rings (SSSR count). The average molecular weight is 467 g/mol. The third-order valence-electron chi connectivity index (χ3n) is 4.64. The van der Waals surface area contributed by atoms with Gasteiger partial charge in [-0.3, -0.25) is 4.79 Å². The molecular weight excluding hydrogens is 443 g/mol. The fraction of sp³-hybridized carbons (Fsp3) is 0.208. The summed E-state index contributed by atoms with van der Waals surface area (Å²) in [5.41, 5.74) is 1.93. The molecule has 0 spiro atoms. The second kappa shape index (κ2) is 10.8. The van der Waals surface area contributed by atoms with Gasteiger partial charge in [0.1, 0.15) is 12.4 Å². The topological polar surface area (TPSA) is 78.3 Å². The molecule has 170 valence electrons. The lowest BCUT2D eigenvalue weighted by atomic mass is 10.2. The molecular formula is C24H23FN4O3S. The average Bonchev–Trinajstić information content (AvgIpc) is 3.47. The molecule has 9 heteroatoms. The third-order valence-corrected chi connectivity index (χ3v) is 5.52. The molecule has 0 unspecified atom stereocenters. The van der Waals surface area contributed by atoms with E-state index >= 15 is 0 Å². The maximum absolute atomic E-state index is 13.8. The Morgan fingerprint density at radius 1 is 1.12 bits per heavy atom. The van der Waals surface area contributed by atoms with Gasteiger partial charge in [0, 0.05) is 22.7 Å². The van der Waals surface area contributed by atoms with Gasteiger partial charge in [-0.1, -0.05) is 18.2 Å². The number of thiophene rings is 1. The van der Waals surface area contributed by atoms with E-state index in [0.29, 0.717) is 49.0 Å². The number of nitrogens with zero attached hydrogens (tertiary/aromatic N) is 3. The molecule has 0 aliphatic heterocycles. The minimum atomic E-state index is -0.371. The maximum atomic E-state index is 13.8. The molecule has 0 atom stereocenters. The summed E-state index contributed by atoms with van der Waals surface area (Å²) in [5.74, 6) is -0.0172. The minimum absolute atomic E-state index is 0.0867. The van der Waals surface area contributed by atoms with E-state index in [9.17, 15) is 9.18 Å². The molecule has 4 aromatic rings. The van der Waals surface area contributed by atoms with Gasteiger partial charge in [-0.2, -0.15) is 4.98 Å². The molecule has 0 saturated heterocycles. The van der Waals surface area contributed by atoms with Crippen LogP contribution in [0.5, 0.6) is 6.01 Å². The Morgan fingerprint density at radius 3 is 2.70 bits per heavy atom. The fourth-order valence-corrected chi connectivity index (χ4v) is 3.85. The molecule has 0 aliphatic rings. The number of amides is 1. The van der Waals surface area contributed by atoms with Crippen molar-refractivity contribution in [3.8, 4) is 23.1 Å². The molecule has 1 N–H and O–H groups in total. The molecule has 2 aromatic carbocycles. The van der Waals surface area contributed by atoms with E-state index in [0.717, 1.165) is 4.88 Å². The van der Waals surface area contributed by atoms with E-state index in [-0.39, 0.29) is 17.7 Å². The van der Waals surface area contributed by atoms with Gasteiger partial charge in [-0.05, 0) is 54.8 Å². The predicted octanol–water partition coefficient (Wildman–Crippen LogP) is 4.73. The van der Waals surface area contributed by atoms with Crippen LogP contribution in [0.1, 0.15) is 11.8 Å². The van der Waals surface area contributed by atoms with E-state index in [1.807, 2.05) is 36.6 Å². The van der Waals surface area contributed by atoms with E-state index < -0.39 is 0 Å². The minimum Gasteiger partial charge on any atom is -0.460 e. The highest BCUT2D eigenvalue weighted by Crippen LogP contribution is 2.25. The largest absolute Gasteiger partial charge is 0.460 e. The molecule has 0 fully saturated rings. The van der Waals surface area contributed by atoms with Crippen molar-refractivity contribution in [1.29, 1.82) is 0 Å². The van der Waals surface area contributed by atoms with Crippen molar-refractivity contribution in [2.24, 2.45) is 0 Å². The lowest BCUT2D eigenvalue weighted by Crippen LogP contribution is -2.13. The molecule has 1 amide bonds. The van der Waals surface area contributed by atoms with Crippen molar-refractivity contribution in [1.82, 2.24) is 14.8 Å². The van der Waals surface area contributed by atoms with Crippen LogP contribution in [-0.4, -0.2) is 40.5 Å². The number of hydrogen-bond donors (Lipinski definition) is 1. The van der Waals surface area contributed by atoms with Crippen LogP contribution in [0, 0.1) is 5.82 Å². The molecule has 0 radical (unpaired) electrons. The number of benzene rings is 2. The summed E-state index contributed by atoms with van der Waals surface area (Å²) in [6.07, 6.45) is 0.328. The van der Waals surface area contributed by atoms with E-state index in [1.165, 1.54) is 12.1 Å². The zero-order chi connectivity index (χ0) is 23.0. The fourth-order valence-electron chi connectivity index (χ4n) is 3.15. The first-order valence-corrected chi connectivity index (χ1v) is 11.4. The Hall–Kier alpha value is -3.56. The number of hydrogen-bond acceptors (Lipinski definition) is 6. The van der Waals surface area contributed by atoms with Gasteiger partial charge in [0.05, 0.1) is 18.7 Å². The van der Waals surface area contributed by atoms with Crippen molar-refractivity contribution in [2.45, 2.75) is 13.3 Å². The quantitative estimate of drug-likeness (QED) is 0.342. The van der Waals surface area contributed by atoms with Crippen LogP contribution < -0.4 is 10.1 Å². The van der Waals surface area contributed by atoms with Gasteiger partial charge in [-0.25, -0.2) is 9.07 Å². The normalized spacial score (nSPS) is 10.8. The van der Waals surface area contributed by atoms with E-state index in [4.69, 9.17) is 9.47 Å². The van der Waals surface area contributed by atoms with Crippen LogP contribution >= 0.6 is 11.3 Å². The maximum Gasteiger partial charge on any atom is 0.336 e. The number of anilines is 1. The number of halogens is 1. The zero-order valence-corrected chi connectivity index (χ0v) is 18.8. The first-order valence-electron chi connectivity index (χ1n) is 10.5. The Kier molecular flexibility index (Phi) is 7.43. The van der Waals surface area contributed by atoms with Crippen molar-refractivity contribution in [2.75, 3.05) is 25.1 Å². The van der Waals surface area contributed by atoms with Crippen LogP contribution in [0.4, 0.5) is 10.1 Å². The number of ether oxygens (including phenoxy) is 2. The van der Waals surface area contributed by atoms with Crippen LogP contribution in [0.2, 0.25) is 0 Å². The van der Waals surface area contributed by atoms with Crippen molar-refractivity contribution < 1.29 is 18.7 Å². The van der Waals surface area contributed by atoms with Gasteiger partial charge >= 0.3 is 6.01 Å². The molecule has 0 aliphatic carbocycles. The van der Waals surface area contributed by atoms with Crippen molar-refractivity contribution in [3.63, 3.8) is 0 Å². The number of rotatable bonds is 10. The highest BCUT2D eigenvalue weighted by atomic mass is 32.1. The molecule has 7 nitrogen and oxygen atoms in total. The summed E-state index contributed by atoms with van der Waals surface area (Å²) in [6.45, 7) is 3.22. The third kappa shape index (κ3) is 6.03. The van der Waals surface area contributed by atoms with Crippen LogP contribution in [0.25, 0.3) is 17.1 Å².